The maximum atomic E-state index is 12.0. The summed E-state index contributed by atoms with van der Waals surface area (Å²) in [4.78, 5) is 24.0. The summed E-state index contributed by atoms with van der Waals surface area (Å²) in [6.45, 7) is 23.3. The number of benzene rings is 2. The Morgan fingerprint density at radius 2 is 1.02 bits per heavy atom. The minimum Gasteiger partial charge on any atom is -0.490 e. The molecule has 232 valence electrons. The van der Waals surface area contributed by atoms with Gasteiger partial charge in [-0.15, -0.1) is 13.2 Å². The quantitative estimate of drug-likeness (QED) is 0.0783. The van der Waals surface area contributed by atoms with E-state index in [0.29, 0.717) is 35.9 Å². The monoisotopic (exact) mass is 592 g/mol. The zero-order chi connectivity index (χ0) is 31.8. The molecule has 0 bridgehead atoms. The van der Waals surface area contributed by atoms with Gasteiger partial charge in [0.2, 0.25) is 0 Å². The first-order valence-corrected chi connectivity index (χ1v) is 14.0. The third kappa shape index (κ3) is 11.9. The highest BCUT2D eigenvalue weighted by Crippen LogP contribution is 2.33. The van der Waals surface area contributed by atoms with Crippen LogP contribution in [0.4, 0.5) is 0 Å². The smallest absolute Gasteiger partial charge is 0.333 e. The van der Waals surface area contributed by atoms with E-state index in [1.807, 2.05) is 48.5 Å². The van der Waals surface area contributed by atoms with Crippen molar-refractivity contribution in [3.8, 4) is 11.5 Å². The molecule has 0 amide bonds. The van der Waals surface area contributed by atoms with Crippen molar-refractivity contribution < 1.29 is 38.0 Å². The summed E-state index contributed by atoms with van der Waals surface area (Å²) in [7, 11) is 0. The Morgan fingerprint density at radius 3 is 1.33 bits per heavy atom. The molecule has 2 unspecified atom stereocenters. The van der Waals surface area contributed by atoms with Gasteiger partial charge in [-0.05, 0) is 49.2 Å². The Balaban J connectivity index is 2.01. The van der Waals surface area contributed by atoms with Gasteiger partial charge in [0.25, 0.3) is 0 Å². The molecule has 0 fully saturated rings. The number of carbonyl (C=O) groups is 2. The van der Waals surface area contributed by atoms with Crippen molar-refractivity contribution in [2.45, 2.75) is 45.3 Å². The topological polar surface area (TPSA) is 89.5 Å². The lowest BCUT2D eigenvalue weighted by molar-refractivity contribution is -0.149. The Labute approximate surface area is 255 Å². The number of esters is 2. The van der Waals surface area contributed by atoms with Gasteiger partial charge >= 0.3 is 11.9 Å². The van der Waals surface area contributed by atoms with Crippen molar-refractivity contribution >= 4 is 11.9 Å². The molecule has 0 spiro atoms. The SMILES string of the molecule is C=CCOCC(COc1ccc(C(C)(C)c2ccc(OCC(COCC=C)OC(=O)C(=C)C)cc2)cc1)OC(=O)C(=C)C. The molecule has 0 aromatic heterocycles. The summed E-state index contributed by atoms with van der Waals surface area (Å²) >= 11 is 0. The number of hydrogen-bond acceptors (Lipinski definition) is 8. The molecule has 0 saturated heterocycles. The minimum atomic E-state index is -0.589. The third-order valence-corrected chi connectivity index (χ3v) is 6.35. The third-order valence-electron chi connectivity index (χ3n) is 6.35. The van der Waals surface area contributed by atoms with Crippen molar-refractivity contribution in [2.24, 2.45) is 0 Å². The molecule has 2 rings (SSSR count). The molecular formula is C35H44O8. The van der Waals surface area contributed by atoms with Crippen molar-refractivity contribution in [2.75, 3.05) is 39.6 Å². The molecule has 8 nitrogen and oxygen atoms in total. The van der Waals surface area contributed by atoms with Gasteiger partial charge in [0.15, 0.2) is 12.2 Å². The lowest BCUT2D eigenvalue weighted by Crippen LogP contribution is -2.30. The van der Waals surface area contributed by atoms with E-state index in [2.05, 4.69) is 40.2 Å². The van der Waals surface area contributed by atoms with Gasteiger partial charge in [0.1, 0.15) is 24.7 Å². The second-order valence-corrected chi connectivity index (χ2v) is 10.6. The van der Waals surface area contributed by atoms with Crippen LogP contribution in [0, 0.1) is 0 Å². The van der Waals surface area contributed by atoms with E-state index in [1.54, 1.807) is 26.0 Å². The molecule has 0 aliphatic heterocycles. The van der Waals surface area contributed by atoms with Crippen molar-refractivity contribution in [1.29, 1.82) is 0 Å². The van der Waals surface area contributed by atoms with Gasteiger partial charge in [0.05, 0.1) is 26.4 Å². The molecular weight excluding hydrogens is 548 g/mol. The number of hydrogen-bond donors (Lipinski definition) is 0. The molecule has 0 N–H and O–H groups in total. The van der Waals surface area contributed by atoms with E-state index in [4.69, 9.17) is 28.4 Å². The summed E-state index contributed by atoms with van der Waals surface area (Å²) in [6, 6.07) is 15.6. The van der Waals surface area contributed by atoms with Gasteiger partial charge in [0, 0.05) is 16.6 Å². The van der Waals surface area contributed by atoms with E-state index >= 15 is 0 Å². The zero-order valence-electron chi connectivity index (χ0n) is 25.8. The largest absolute Gasteiger partial charge is 0.490 e. The van der Waals surface area contributed by atoms with Crippen LogP contribution in [0.25, 0.3) is 0 Å². The van der Waals surface area contributed by atoms with E-state index < -0.39 is 24.1 Å². The fourth-order valence-electron chi connectivity index (χ4n) is 3.78. The number of ether oxygens (including phenoxy) is 6. The number of carbonyl (C=O) groups excluding carboxylic acids is 2. The second kappa shape index (κ2) is 17.7. The molecule has 2 aromatic rings. The summed E-state index contributed by atoms with van der Waals surface area (Å²) in [5.74, 6) is 0.297. The highest BCUT2D eigenvalue weighted by Gasteiger charge is 2.24. The average Bonchev–Trinajstić information content (AvgIpc) is 2.98. The first kappa shape index (κ1) is 35.1. The second-order valence-electron chi connectivity index (χ2n) is 10.6. The Hall–Kier alpha value is -4.14. The molecule has 0 aliphatic carbocycles. The van der Waals surface area contributed by atoms with Gasteiger partial charge in [-0.3, -0.25) is 0 Å². The average molecular weight is 593 g/mol. The standard InChI is InChI=1S/C35H44O8/c1-9-19-38-21-31(42-33(36)25(3)4)23-40-29-15-11-27(12-16-29)35(7,8)28-13-17-30(18-14-28)41-24-32(22-39-20-10-2)43-34(37)26(5)6/h9-18,31-32H,1-3,5,19-24H2,4,6-8H3. The summed E-state index contributed by atoms with van der Waals surface area (Å²) in [5.41, 5.74) is 2.47. The molecule has 0 radical (unpaired) electrons. The fourth-order valence-corrected chi connectivity index (χ4v) is 3.78. The van der Waals surface area contributed by atoms with Crippen LogP contribution in [0.5, 0.6) is 11.5 Å². The summed E-state index contributed by atoms with van der Waals surface area (Å²) in [6.07, 6.45) is 2.08. The van der Waals surface area contributed by atoms with Gasteiger partial charge < -0.3 is 28.4 Å². The first-order chi connectivity index (χ1) is 20.5. The fraction of sp³-hybridized carbons (Fsp3) is 0.371. The van der Waals surface area contributed by atoms with Crippen LogP contribution in [0.2, 0.25) is 0 Å². The summed E-state index contributed by atoms with van der Waals surface area (Å²) < 4.78 is 33.6. The predicted molar refractivity (Wildman–Crippen MR) is 167 cm³/mol. The van der Waals surface area contributed by atoms with Crippen molar-refractivity contribution in [3.05, 3.63) is 109 Å². The molecule has 8 heteroatoms. The van der Waals surface area contributed by atoms with Gasteiger partial charge in [-0.1, -0.05) is 63.4 Å². The predicted octanol–water partition coefficient (Wildman–Crippen LogP) is 6.15. The minimum absolute atomic E-state index is 0.133. The van der Waals surface area contributed by atoms with Gasteiger partial charge in [-0.2, -0.15) is 0 Å². The van der Waals surface area contributed by atoms with E-state index in [9.17, 15) is 9.59 Å². The first-order valence-electron chi connectivity index (χ1n) is 14.0. The molecule has 0 heterocycles. The van der Waals surface area contributed by atoms with Gasteiger partial charge in [-0.25, -0.2) is 9.59 Å². The molecule has 0 aliphatic rings. The van der Waals surface area contributed by atoms with Crippen LogP contribution >= 0.6 is 0 Å². The van der Waals surface area contributed by atoms with Crippen LogP contribution in [-0.4, -0.2) is 63.8 Å². The molecule has 0 saturated carbocycles. The summed E-state index contributed by atoms with van der Waals surface area (Å²) in [5, 5.41) is 0. The zero-order valence-corrected chi connectivity index (χ0v) is 25.8. The van der Waals surface area contributed by atoms with Crippen LogP contribution in [0.3, 0.4) is 0 Å². The van der Waals surface area contributed by atoms with Crippen molar-refractivity contribution in [1.82, 2.24) is 0 Å². The number of rotatable bonds is 20. The van der Waals surface area contributed by atoms with Crippen molar-refractivity contribution in [3.63, 3.8) is 0 Å². The lowest BCUT2D eigenvalue weighted by atomic mass is 9.78. The Bertz CT molecular complexity index is 1130. The highest BCUT2D eigenvalue weighted by molar-refractivity contribution is 5.87. The van der Waals surface area contributed by atoms with Crippen LogP contribution in [0.1, 0.15) is 38.8 Å². The van der Waals surface area contributed by atoms with E-state index in [0.717, 1.165) is 11.1 Å². The highest BCUT2D eigenvalue weighted by atomic mass is 16.6. The van der Waals surface area contributed by atoms with Crippen LogP contribution in [-0.2, 0) is 34.0 Å². The Kier molecular flexibility index (Phi) is 14.5. The van der Waals surface area contributed by atoms with Crippen LogP contribution in [0.15, 0.2) is 98.1 Å². The molecule has 43 heavy (non-hydrogen) atoms. The normalized spacial score (nSPS) is 12.4. The molecule has 2 atom stereocenters. The molecule has 2 aromatic carbocycles. The van der Waals surface area contributed by atoms with Crippen LogP contribution < -0.4 is 9.47 Å². The van der Waals surface area contributed by atoms with E-state index in [-0.39, 0.29) is 31.8 Å². The Morgan fingerprint density at radius 1 is 0.674 bits per heavy atom. The maximum Gasteiger partial charge on any atom is 0.333 e. The lowest BCUT2D eigenvalue weighted by Gasteiger charge is -2.27. The maximum absolute atomic E-state index is 12.0. The van der Waals surface area contributed by atoms with E-state index in [1.165, 1.54) is 0 Å².